The van der Waals surface area contributed by atoms with E-state index in [4.69, 9.17) is 16.0 Å². The molecule has 0 saturated carbocycles. The number of esters is 1. The monoisotopic (exact) mass is 188 g/mol. The van der Waals surface area contributed by atoms with Crippen molar-refractivity contribution >= 4 is 17.6 Å². The number of aryl methyl sites for hydroxylation is 1. The van der Waals surface area contributed by atoms with Crippen LogP contribution < -0.4 is 0 Å². The zero-order valence-corrected chi connectivity index (χ0v) is 7.59. The molecular weight excluding hydrogens is 180 g/mol. The summed E-state index contributed by atoms with van der Waals surface area (Å²) >= 11 is 5.70. The van der Waals surface area contributed by atoms with Gasteiger partial charge in [0.15, 0.2) is 5.38 Å². The van der Waals surface area contributed by atoms with Gasteiger partial charge in [0.2, 0.25) is 0 Å². The second-order valence-electron chi connectivity index (χ2n) is 2.33. The summed E-state index contributed by atoms with van der Waals surface area (Å²) in [5, 5.41) is -0.844. The number of hydrogen-bond acceptors (Lipinski definition) is 3. The molecular formula is C8H9ClO3. The largest absolute Gasteiger partial charge is 0.468 e. The molecule has 0 amide bonds. The molecule has 12 heavy (non-hydrogen) atoms. The number of furan rings is 1. The van der Waals surface area contributed by atoms with Crippen molar-refractivity contribution in [2.24, 2.45) is 0 Å². The standard InChI is InChI=1S/C8H9ClO3/c1-5-3-4-6(12-5)7(9)8(10)11-2/h3-4,7H,1-2H3. The minimum atomic E-state index is -0.844. The average molecular weight is 189 g/mol. The SMILES string of the molecule is COC(=O)C(Cl)c1ccc(C)o1. The first-order valence-electron chi connectivity index (χ1n) is 3.43. The molecule has 3 nitrogen and oxygen atoms in total. The van der Waals surface area contributed by atoms with E-state index in [1.807, 2.05) is 0 Å². The molecule has 1 aromatic rings. The van der Waals surface area contributed by atoms with Gasteiger partial charge in [0, 0.05) is 0 Å². The summed E-state index contributed by atoms with van der Waals surface area (Å²) in [6, 6.07) is 3.40. The summed E-state index contributed by atoms with van der Waals surface area (Å²) in [7, 11) is 1.29. The van der Waals surface area contributed by atoms with Gasteiger partial charge in [-0.15, -0.1) is 11.6 Å². The highest BCUT2D eigenvalue weighted by Gasteiger charge is 2.21. The topological polar surface area (TPSA) is 39.4 Å². The van der Waals surface area contributed by atoms with Crippen LogP contribution in [0.25, 0.3) is 0 Å². The zero-order chi connectivity index (χ0) is 9.14. The van der Waals surface area contributed by atoms with Gasteiger partial charge in [-0.3, -0.25) is 0 Å². The van der Waals surface area contributed by atoms with E-state index in [1.54, 1.807) is 19.1 Å². The lowest BCUT2D eigenvalue weighted by Gasteiger charge is -2.02. The normalized spacial score (nSPS) is 12.6. The van der Waals surface area contributed by atoms with Crippen molar-refractivity contribution in [1.29, 1.82) is 0 Å². The Labute approximate surface area is 75.3 Å². The van der Waals surface area contributed by atoms with Crippen LogP contribution in [0.3, 0.4) is 0 Å². The summed E-state index contributed by atoms with van der Waals surface area (Å²) in [5.41, 5.74) is 0. The van der Waals surface area contributed by atoms with Crippen LogP contribution in [0.1, 0.15) is 16.9 Å². The predicted octanol–water partition coefficient (Wildman–Crippen LogP) is 2.04. The van der Waals surface area contributed by atoms with Crippen molar-refractivity contribution in [3.63, 3.8) is 0 Å². The second kappa shape index (κ2) is 3.63. The van der Waals surface area contributed by atoms with Gasteiger partial charge in [-0.2, -0.15) is 0 Å². The van der Waals surface area contributed by atoms with E-state index in [1.165, 1.54) is 7.11 Å². The number of carbonyl (C=O) groups excluding carboxylic acids is 1. The number of alkyl halides is 1. The average Bonchev–Trinajstić information content (AvgIpc) is 2.49. The van der Waals surface area contributed by atoms with Crippen molar-refractivity contribution in [3.05, 3.63) is 23.7 Å². The highest BCUT2D eigenvalue weighted by atomic mass is 35.5. The lowest BCUT2D eigenvalue weighted by atomic mass is 10.3. The molecule has 0 aromatic carbocycles. The number of rotatable bonds is 2. The van der Waals surface area contributed by atoms with Crippen LogP contribution in [0.5, 0.6) is 0 Å². The van der Waals surface area contributed by atoms with Crippen LogP contribution in [0.2, 0.25) is 0 Å². The fourth-order valence-electron chi connectivity index (χ4n) is 0.809. The van der Waals surface area contributed by atoms with Crippen molar-refractivity contribution in [2.45, 2.75) is 12.3 Å². The van der Waals surface area contributed by atoms with Gasteiger partial charge < -0.3 is 9.15 Å². The molecule has 0 fully saturated rings. The van der Waals surface area contributed by atoms with Crippen LogP contribution in [0.15, 0.2) is 16.5 Å². The Morgan fingerprint density at radius 2 is 2.33 bits per heavy atom. The Morgan fingerprint density at radius 1 is 1.67 bits per heavy atom. The number of halogens is 1. The first-order valence-corrected chi connectivity index (χ1v) is 3.87. The molecule has 0 aliphatic carbocycles. The maximum Gasteiger partial charge on any atom is 0.331 e. The second-order valence-corrected chi connectivity index (χ2v) is 2.77. The quantitative estimate of drug-likeness (QED) is 0.527. The molecule has 1 heterocycles. The molecule has 0 N–H and O–H groups in total. The lowest BCUT2D eigenvalue weighted by molar-refractivity contribution is -0.140. The van der Waals surface area contributed by atoms with Crippen molar-refractivity contribution < 1.29 is 13.9 Å². The van der Waals surface area contributed by atoms with Crippen LogP contribution in [0.4, 0.5) is 0 Å². The van der Waals surface area contributed by atoms with Gasteiger partial charge in [-0.25, -0.2) is 4.79 Å². The first kappa shape index (κ1) is 9.13. The number of methoxy groups -OCH3 is 1. The third-order valence-electron chi connectivity index (χ3n) is 1.42. The number of hydrogen-bond donors (Lipinski definition) is 0. The van der Waals surface area contributed by atoms with Gasteiger partial charge in [0.1, 0.15) is 11.5 Å². The molecule has 0 saturated heterocycles. The van der Waals surface area contributed by atoms with Gasteiger partial charge in [0.25, 0.3) is 0 Å². The third kappa shape index (κ3) is 1.80. The summed E-state index contributed by atoms with van der Waals surface area (Å²) in [5.74, 6) is 0.631. The lowest BCUT2D eigenvalue weighted by Crippen LogP contribution is -2.07. The molecule has 0 aliphatic rings. The minimum Gasteiger partial charge on any atom is -0.468 e. The molecule has 66 valence electrons. The minimum absolute atomic E-state index is 0.418. The predicted molar refractivity (Wildman–Crippen MR) is 44.1 cm³/mol. The fourth-order valence-corrected chi connectivity index (χ4v) is 1.02. The van der Waals surface area contributed by atoms with E-state index in [9.17, 15) is 4.79 Å². The van der Waals surface area contributed by atoms with Crippen molar-refractivity contribution in [2.75, 3.05) is 7.11 Å². The van der Waals surface area contributed by atoms with E-state index in [2.05, 4.69) is 4.74 Å². The van der Waals surface area contributed by atoms with Crippen LogP contribution >= 0.6 is 11.6 Å². The molecule has 0 aliphatic heterocycles. The molecule has 0 spiro atoms. The van der Waals surface area contributed by atoms with Gasteiger partial charge in [-0.1, -0.05) is 0 Å². The molecule has 1 unspecified atom stereocenters. The molecule has 1 atom stereocenters. The first-order chi connectivity index (χ1) is 5.65. The molecule has 0 bridgehead atoms. The van der Waals surface area contributed by atoms with E-state index >= 15 is 0 Å². The maximum absolute atomic E-state index is 10.9. The summed E-state index contributed by atoms with van der Waals surface area (Å²) < 4.78 is 9.58. The number of ether oxygens (including phenoxy) is 1. The van der Waals surface area contributed by atoms with Gasteiger partial charge in [-0.05, 0) is 19.1 Å². The summed E-state index contributed by atoms with van der Waals surface area (Å²) in [6.07, 6.45) is 0. The Morgan fingerprint density at radius 3 is 2.75 bits per heavy atom. The van der Waals surface area contributed by atoms with E-state index in [0.29, 0.717) is 5.76 Å². The Bertz CT molecular complexity index is 280. The molecule has 0 radical (unpaired) electrons. The Kier molecular flexibility index (Phi) is 2.76. The number of carbonyl (C=O) groups is 1. The van der Waals surface area contributed by atoms with E-state index in [0.717, 1.165) is 5.76 Å². The summed E-state index contributed by atoms with van der Waals surface area (Å²) in [4.78, 5) is 10.9. The third-order valence-corrected chi connectivity index (χ3v) is 1.81. The molecule has 4 heteroatoms. The Balaban J connectivity index is 2.77. The van der Waals surface area contributed by atoms with Crippen molar-refractivity contribution in [1.82, 2.24) is 0 Å². The molecule has 1 aromatic heterocycles. The van der Waals surface area contributed by atoms with E-state index < -0.39 is 11.3 Å². The maximum atomic E-state index is 10.9. The van der Waals surface area contributed by atoms with Gasteiger partial charge >= 0.3 is 5.97 Å². The fraction of sp³-hybridized carbons (Fsp3) is 0.375. The zero-order valence-electron chi connectivity index (χ0n) is 6.83. The van der Waals surface area contributed by atoms with Crippen molar-refractivity contribution in [3.8, 4) is 0 Å². The van der Waals surface area contributed by atoms with Crippen LogP contribution in [-0.2, 0) is 9.53 Å². The molecule has 1 rings (SSSR count). The smallest absolute Gasteiger partial charge is 0.331 e. The van der Waals surface area contributed by atoms with Crippen LogP contribution in [0, 0.1) is 6.92 Å². The van der Waals surface area contributed by atoms with E-state index in [-0.39, 0.29) is 0 Å². The van der Waals surface area contributed by atoms with Crippen LogP contribution in [-0.4, -0.2) is 13.1 Å². The highest BCUT2D eigenvalue weighted by molar-refractivity contribution is 6.29. The van der Waals surface area contributed by atoms with Gasteiger partial charge in [0.05, 0.1) is 7.11 Å². The Hall–Kier alpha value is -0.960. The highest BCUT2D eigenvalue weighted by Crippen LogP contribution is 2.23. The summed E-state index contributed by atoms with van der Waals surface area (Å²) in [6.45, 7) is 1.78.